The molecule has 1 amide bonds. The summed E-state index contributed by atoms with van der Waals surface area (Å²) in [5.74, 6) is 0.767. The third kappa shape index (κ3) is 3.22. The van der Waals surface area contributed by atoms with Gasteiger partial charge in [0.05, 0.1) is 23.0 Å². The lowest BCUT2D eigenvalue weighted by atomic mass is 9.89. The van der Waals surface area contributed by atoms with Crippen molar-refractivity contribution in [2.45, 2.75) is 46.1 Å². The van der Waals surface area contributed by atoms with Crippen molar-refractivity contribution in [3.63, 3.8) is 0 Å². The number of rotatable bonds is 3. The normalized spacial score (nSPS) is 17.7. The van der Waals surface area contributed by atoms with Crippen LogP contribution in [0.1, 0.15) is 50.3 Å². The van der Waals surface area contributed by atoms with Crippen LogP contribution >= 0.6 is 12.2 Å². The number of likely N-dealkylation sites (tertiary alicyclic amines) is 1. The molecule has 1 aromatic rings. The van der Waals surface area contributed by atoms with Gasteiger partial charge in [0.2, 0.25) is 5.91 Å². The number of carbonyl (C=O) groups excluding carboxylic acids is 1. The van der Waals surface area contributed by atoms with Crippen molar-refractivity contribution in [3.8, 4) is 11.8 Å². The van der Waals surface area contributed by atoms with Gasteiger partial charge in [-0.2, -0.15) is 5.26 Å². The monoisotopic (exact) mass is 398 g/mol. The Labute approximate surface area is 171 Å². The maximum Gasteiger partial charge on any atom is 0.227 e. The van der Waals surface area contributed by atoms with Crippen molar-refractivity contribution < 1.29 is 9.53 Å². The molecule has 0 unspecified atom stereocenters. The smallest absolute Gasteiger partial charge is 0.227 e. The van der Waals surface area contributed by atoms with Gasteiger partial charge in [-0.05, 0) is 64.0 Å². The fourth-order valence-electron chi connectivity index (χ4n) is 4.00. The van der Waals surface area contributed by atoms with Gasteiger partial charge < -0.3 is 19.9 Å². The van der Waals surface area contributed by atoms with Gasteiger partial charge in [0, 0.05) is 32.1 Å². The van der Waals surface area contributed by atoms with E-state index in [0.717, 1.165) is 28.9 Å². The van der Waals surface area contributed by atoms with E-state index < -0.39 is 5.60 Å². The van der Waals surface area contributed by atoms with Gasteiger partial charge in [0.25, 0.3) is 0 Å². The molecule has 2 heterocycles. The molecule has 1 saturated heterocycles. The van der Waals surface area contributed by atoms with Crippen LogP contribution in [0.2, 0.25) is 0 Å². The van der Waals surface area contributed by atoms with Gasteiger partial charge in [-0.15, -0.1) is 0 Å². The maximum absolute atomic E-state index is 12.7. The summed E-state index contributed by atoms with van der Waals surface area (Å²) in [5.41, 5.74) is 3.09. The molecule has 28 heavy (non-hydrogen) atoms. The van der Waals surface area contributed by atoms with Gasteiger partial charge in [-0.25, -0.2) is 0 Å². The Kier molecular flexibility index (Phi) is 5.35. The first-order chi connectivity index (χ1) is 13.2. The van der Waals surface area contributed by atoms with Crippen LogP contribution in [0.3, 0.4) is 0 Å². The zero-order valence-electron chi connectivity index (χ0n) is 17.0. The number of hydrogen-bond acceptors (Lipinski definition) is 4. The highest BCUT2D eigenvalue weighted by molar-refractivity contribution is 7.80. The second-order valence-electron chi connectivity index (χ2n) is 7.58. The Morgan fingerprint density at radius 1 is 1.46 bits per heavy atom. The SMILES string of the molecule is CCNC(=S)N(C)C1=C(N2CCCC2=O)c2c(ccc(C#N)c2C)OC1(C)C. The summed E-state index contributed by atoms with van der Waals surface area (Å²) in [6.45, 7) is 9.18. The lowest BCUT2D eigenvalue weighted by Crippen LogP contribution is -2.49. The Balaban J connectivity index is 2.34. The average molecular weight is 399 g/mol. The van der Waals surface area contributed by atoms with E-state index in [-0.39, 0.29) is 5.91 Å². The second-order valence-corrected chi connectivity index (χ2v) is 7.96. The molecule has 0 aliphatic carbocycles. The van der Waals surface area contributed by atoms with Crippen LogP contribution < -0.4 is 10.1 Å². The largest absolute Gasteiger partial charge is 0.481 e. The van der Waals surface area contributed by atoms with Gasteiger partial charge in [-0.3, -0.25) is 4.79 Å². The van der Waals surface area contributed by atoms with Crippen molar-refractivity contribution in [3.05, 3.63) is 34.5 Å². The molecule has 0 saturated carbocycles. The minimum absolute atomic E-state index is 0.0840. The Bertz CT molecular complexity index is 914. The number of amides is 1. The van der Waals surface area contributed by atoms with Crippen molar-refractivity contribution in [1.82, 2.24) is 15.1 Å². The van der Waals surface area contributed by atoms with Gasteiger partial charge >= 0.3 is 0 Å². The van der Waals surface area contributed by atoms with Crippen molar-refractivity contribution in [2.75, 3.05) is 20.1 Å². The Hall–Kier alpha value is -2.59. The molecule has 2 aliphatic heterocycles. The minimum Gasteiger partial charge on any atom is -0.481 e. The number of nitrogens with zero attached hydrogens (tertiary/aromatic N) is 3. The first-order valence-electron chi connectivity index (χ1n) is 9.52. The minimum atomic E-state index is -0.708. The number of likely N-dealkylation sites (N-methyl/N-ethyl adjacent to an activating group) is 1. The fourth-order valence-corrected chi connectivity index (χ4v) is 4.23. The third-order valence-electron chi connectivity index (χ3n) is 5.26. The summed E-state index contributed by atoms with van der Waals surface area (Å²) in [6, 6.07) is 5.83. The summed E-state index contributed by atoms with van der Waals surface area (Å²) in [6.07, 6.45) is 1.33. The van der Waals surface area contributed by atoms with Crippen LogP contribution in [0.15, 0.2) is 17.8 Å². The lowest BCUT2D eigenvalue weighted by molar-refractivity contribution is -0.125. The van der Waals surface area contributed by atoms with Crippen molar-refractivity contribution in [1.29, 1.82) is 5.26 Å². The number of thiocarbonyl (C=S) groups is 1. The van der Waals surface area contributed by atoms with Crippen LogP contribution in [0.5, 0.6) is 5.75 Å². The molecule has 0 bridgehead atoms. The number of nitrogens with one attached hydrogen (secondary N) is 1. The predicted octanol–water partition coefficient (Wildman–Crippen LogP) is 3.15. The molecule has 2 aliphatic rings. The fraction of sp³-hybridized carbons (Fsp3) is 0.476. The van der Waals surface area contributed by atoms with E-state index in [1.165, 1.54) is 0 Å². The standard InChI is InChI=1S/C21H26N4O2S/c1-6-23-20(28)24(5)19-18(25-11-7-8-16(25)26)17-13(2)14(12-22)9-10-15(17)27-21(19,3)4/h9-10H,6-8,11H2,1-5H3,(H,23,28). The van der Waals surface area contributed by atoms with Crippen LogP contribution in [-0.4, -0.2) is 46.6 Å². The molecule has 0 spiro atoms. The zero-order chi connectivity index (χ0) is 20.6. The predicted molar refractivity (Wildman–Crippen MR) is 113 cm³/mol. The topological polar surface area (TPSA) is 68.6 Å². The summed E-state index contributed by atoms with van der Waals surface area (Å²) in [4.78, 5) is 16.5. The molecule has 7 heteroatoms. The summed E-state index contributed by atoms with van der Waals surface area (Å²) >= 11 is 5.57. The number of hydrogen-bond donors (Lipinski definition) is 1. The van der Waals surface area contributed by atoms with Crippen molar-refractivity contribution >= 4 is 28.9 Å². The van der Waals surface area contributed by atoms with E-state index in [1.54, 1.807) is 6.07 Å². The molecule has 0 atom stereocenters. The van der Waals surface area contributed by atoms with E-state index in [4.69, 9.17) is 17.0 Å². The molecular formula is C21H26N4O2S. The number of nitriles is 1. The molecule has 148 valence electrons. The highest BCUT2D eigenvalue weighted by Gasteiger charge is 2.43. The highest BCUT2D eigenvalue weighted by Crippen LogP contribution is 2.46. The molecule has 1 N–H and O–H groups in total. The first-order valence-corrected chi connectivity index (χ1v) is 9.93. The van der Waals surface area contributed by atoms with Crippen LogP contribution in [0.4, 0.5) is 0 Å². The molecule has 6 nitrogen and oxygen atoms in total. The van der Waals surface area contributed by atoms with Crippen LogP contribution in [-0.2, 0) is 4.79 Å². The van der Waals surface area contributed by atoms with E-state index >= 15 is 0 Å². The first kappa shape index (κ1) is 20.2. The van der Waals surface area contributed by atoms with E-state index in [9.17, 15) is 10.1 Å². The average Bonchev–Trinajstić information content (AvgIpc) is 3.05. The molecule has 1 aromatic carbocycles. The number of fused-ring (bicyclic) bond motifs is 1. The van der Waals surface area contributed by atoms with Crippen molar-refractivity contribution in [2.24, 2.45) is 0 Å². The number of ether oxygens (including phenoxy) is 1. The molecule has 3 rings (SSSR count). The molecule has 1 fully saturated rings. The van der Waals surface area contributed by atoms with Crippen LogP contribution in [0, 0.1) is 18.3 Å². The Morgan fingerprint density at radius 3 is 2.75 bits per heavy atom. The molecule has 0 radical (unpaired) electrons. The number of benzene rings is 1. The summed E-state index contributed by atoms with van der Waals surface area (Å²) in [7, 11) is 1.89. The number of carbonyl (C=O) groups is 1. The van der Waals surface area contributed by atoms with Gasteiger partial charge in [-0.1, -0.05) is 0 Å². The summed E-state index contributed by atoms with van der Waals surface area (Å²) < 4.78 is 6.35. The van der Waals surface area contributed by atoms with E-state index in [0.29, 0.717) is 35.9 Å². The zero-order valence-corrected chi connectivity index (χ0v) is 17.9. The highest BCUT2D eigenvalue weighted by atomic mass is 32.1. The third-order valence-corrected chi connectivity index (χ3v) is 5.67. The Morgan fingerprint density at radius 2 is 2.18 bits per heavy atom. The lowest BCUT2D eigenvalue weighted by Gasteiger charge is -2.43. The molecular weight excluding hydrogens is 372 g/mol. The maximum atomic E-state index is 12.7. The van der Waals surface area contributed by atoms with E-state index in [2.05, 4.69) is 11.4 Å². The summed E-state index contributed by atoms with van der Waals surface area (Å²) in [5, 5.41) is 13.3. The van der Waals surface area contributed by atoms with Crippen LogP contribution in [0.25, 0.3) is 5.70 Å². The van der Waals surface area contributed by atoms with Gasteiger partial charge in [0.15, 0.2) is 5.11 Å². The second kappa shape index (κ2) is 7.44. The van der Waals surface area contributed by atoms with E-state index in [1.807, 2.05) is 50.6 Å². The quantitative estimate of drug-likeness (QED) is 0.789. The molecule has 0 aromatic heterocycles. The van der Waals surface area contributed by atoms with Gasteiger partial charge in [0.1, 0.15) is 11.4 Å².